The molecule has 0 bridgehead atoms. The monoisotopic (exact) mass is 534 g/mol. The molecule has 2 atom stereocenters. The van der Waals surface area contributed by atoms with Crippen LogP contribution in [0.15, 0.2) is 22.3 Å². The molecule has 28 heavy (non-hydrogen) atoms. The molecule has 0 saturated heterocycles. The van der Waals surface area contributed by atoms with Gasteiger partial charge >= 0.3 is 0 Å². The Kier molecular flexibility index (Phi) is 11.5. The molecule has 0 amide bonds. The molecular formula is C23H43IO2Si2. The van der Waals surface area contributed by atoms with Crippen molar-refractivity contribution in [2.75, 3.05) is 0 Å². The summed E-state index contributed by atoms with van der Waals surface area (Å²) in [5.41, 5.74) is 0. The van der Waals surface area contributed by atoms with Gasteiger partial charge in [0.1, 0.15) is 0 Å². The van der Waals surface area contributed by atoms with Crippen LogP contribution in [0.1, 0.15) is 61.3 Å². The quantitative estimate of drug-likeness (QED) is 0.178. The molecule has 0 aromatic carbocycles. The summed E-state index contributed by atoms with van der Waals surface area (Å²) in [7, 11) is -3.55. The van der Waals surface area contributed by atoms with Gasteiger partial charge in [-0.2, -0.15) is 0 Å². The first-order valence-electron chi connectivity index (χ1n) is 10.3. The highest BCUT2D eigenvalue weighted by molar-refractivity contribution is 14.1. The Balaban J connectivity index is 4.97. The molecule has 0 radical (unpaired) electrons. The average Bonchev–Trinajstić information content (AvgIpc) is 2.50. The Morgan fingerprint density at radius 3 is 1.71 bits per heavy atom. The first-order valence-corrected chi connectivity index (χ1v) is 17.4. The lowest BCUT2D eigenvalue weighted by Gasteiger charge is -2.38. The van der Waals surface area contributed by atoms with Gasteiger partial charge in [-0.25, -0.2) is 0 Å². The molecule has 0 aliphatic carbocycles. The van der Waals surface area contributed by atoms with Crippen LogP contribution in [0.25, 0.3) is 0 Å². The minimum Gasteiger partial charge on any atom is -0.411 e. The average molecular weight is 535 g/mol. The van der Waals surface area contributed by atoms with Crippen LogP contribution in [0.3, 0.4) is 0 Å². The lowest BCUT2D eigenvalue weighted by molar-refractivity contribution is 0.221. The summed E-state index contributed by atoms with van der Waals surface area (Å²) >= 11 is 2.26. The minimum atomic E-state index is -1.80. The Hall–Kier alpha value is 0.124. The van der Waals surface area contributed by atoms with E-state index < -0.39 is 16.6 Å². The second-order valence-corrected chi connectivity index (χ2v) is 20.7. The van der Waals surface area contributed by atoms with Gasteiger partial charge in [-0.05, 0) is 58.9 Å². The van der Waals surface area contributed by atoms with Crippen molar-refractivity contribution in [1.82, 2.24) is 0 Å². The fourth-order valence-corrected chi connectivity index (χ4v) is 5.06. The second-order valence-electron chi connectivity index (χ2n) is 10.4. The predicted molar refractivity (Wildman–Crippen MR) is 139 cm³/mol. The summed E-state index contributed by atoms with van der Waals surface area (Å²) in [5.74, 6) is 6.47. The van der Waals surface area contributed by atoms with Crippen molar-refractivity contribution in [3.05, 3.63) is 22.3 Å². The Morgan fingerprint density at radius 1 is 0.857 bits per heavy atom. The largest absolute Gasteiger partial charge is 0.411 e. The van der Waals surface area contributed by atoms with Gasteiger partial charge in [0.25, 0.3) is 0 Å². The highest BCUT2D eigenvalue weighted by Gasteiger charge is 2.39. The zero-order chi connectivity index (χ0) is 22.2. The van der Waals surface area contributed by atoms with Gasteiger partial charge in [-0.1, -0.05) is 89.0 Å². The maximum atomic E-state index is 6.50. The molecule has 0 aromatic heterocycles. The lowest BCUT2D eigenvalue weighted by atomic mass is 10.2. The first-order chi connectivity index (χ1) is 12.6. The smallest absolute Gasteiger partial charge is 0.192 e. The first kappa shape index (κ1) is 28.1. The minimum absolute atomic E-state index is 0.0594. The van der Waals surface area contributed by atoms with E-state index in [4.69, 9.17) is 8.85 Å². The molecular weight excluding hydrogens is 491 g/mol. The molecule has 0 rings (SSSR count). The normalized spacial score (nSPS) is 16.3. The van der Waals surface area contributed by atoms with E-state index in [2.05, 4.69) is 121 Å². The summed E-state index contributed by atoms with van der Waals surface area (Å²) in [6.45, 7) is 25.0. The van der Waals surface area contributed by atoms with E-state index in [9.17, 15) is 0 Å². The van der Waals surface area contributed by atoms with Crippen molar-refractivity contribution in [2.45, 2.75) is 110 Å². The molecule has 0 aromatic rings. The summed E-state index contributed by atoms with van der Waals surface area (Å²) in [6.07, 6.45) is 8.08. The molecule has 0 N–H and O–H groups in total. The highest BCUT2D eigenvalue weighted by atomic mass is 127. The van der Waals surface area contributed by atoms with Gasteiger partial charge in [0.05, 0.1) is 12.2 Å². The van der Waals surface area contributed by atoms with Crippen LogP contribution in [0.5, 0.6) is 0 Å². The zero-order valence-electron chi connectivity index (χ0n) is 20.1. The van der Waals surface area contributed by atoms with Crippen molar-refractivity contribution < 1.29 is 8.85 Å². The van der Waals surface area contributed by atoms with Crippen LogP contribution in [-0.2, 0) is 8.85 Å². The number of rotatable bonds is 8. The van der Waals surface area contributed by atoms with Crippen LogP contribution in [0.4, 0.5) is 0 Å². The summed E-state index contributed by atoms with van der Waals surface area (Å²) < 4.78 is 15.0. The van der Waals surface area contributed by atoms with E-state index in [0.29, 0.717) is 0 Å². The van der Waals surface area contributed by atoms with Gasteiger partial charge in [0.2, 0.25) is 0 Å². The number of halogens is 1. The lowest BCUT2D eigenvalue weighted by Crippen LogP contribution is -2.43. The van der Waals surface area contributed by atoms with Crippen LogP contribution >= 0.6 is 22.6 Å². The summed E-state index contributed by atoms with van der Waals surface area (Å²) in [5, 5.41) is 0.424. The van der Waals surface area contributed by atoms with Gasteiger partial charge in [0.15, 0.2) is 16.6 Å². The molecule has 0 heterocycles. The van der Waals surface area contributed by atoms with E-state index in [1.165, 1.54) is 0 Å². The van der Waals surface area contributed by atoms with Crippen LogP contribution in [0.2, 0.25) is 36.3 Å². The predicted octanol–water partition coefficient (Wildman–Crippen LogP) is 8.08. The fourth-order valence-electron chi connectivity index (χ4n) is 1.97. The molecule has 0 aliphatic rings. The van der Waals surface area contributed by atoms with E-state index in [0.717, 1.165) is 12.8 Å². The standard InChI is InChI=1S/C23H43IO2Si2/c1-12-20(25-27(8,9)22(2,3)4)16-14-13-15-17-21(18-19-24)26-28(10,11)23(5,6)7/h14,16,18-21H,12,17H2,1-11H3/b16-14+,19-18+/t20-,21-/m0/s1. The van der Waals surface area contributed by atoms with Crippen LogP contribution in [0, 0.1) is 11.8 Å². The van der Waals surface area contributed by atoms with E-state index in [1.807, 2.05) is 10.2 Å². The number of hydrogen-bond donors (Lipinski definition) is 0. The number of allylic oxidation sites excluding steroid dienone is 1. The SMILES string of the molecule is CC[C@@H](/C=C/C#CC[C@@H](/C=C/I)O[Si](C)(C)C(C)(C)C)O[Si](C)(C)C(C)(C)C. The van der Waals surface area contributed by atoms with Crippen molar-refractivity contribution in [3.63, 3.8) is 0 Å². The topological polar surface area (TPSA) is 18.5 Å². The Labute approximate surface area is 191 Å². The Morgan fingerprint density at radius 2 is 1.32 bits per heavy atom. The van der Waals surface area contributed by atoms with Crippen LogP contribution in [-0.4, -0.2) is 28.8 Å². The van der Waals surface area contributed by atoms with Gasteiger partial charge in [-0.3, -0.25) is 0 Å². The Bertz CT molecular complexity index is 584. The van der Waals surface area contributed by atoms with Crippen molar-refractivity contribution in [2.24, 2.45) is 0 Å². The third kappa shape index (κ3) is 9.75. The highest BCUT2D eigenvalue weighted by Crippen LogP contribution is 2.38. The molecule has 5 heteroatoms. The molecule has 0 aliphatic heterocycles. The van der Waals surface area contributed by atoms with E-state index in [1.54, 1.807) is 0 Å². The second kappa shape index (κ2) is 11.5. The van der Waals surface area contributed by atoms with Crippen LogP contribution < -0.4 is 0 Å². The molecule has 0 unspecified atom stereocenters. The third-order valence-corrected chi connectivity index (χ3v) is 15.4. The van der Waals surface area contributed by atoms with Crippen molar-refractivity contribution >= 4 is 39.2 Å². The van der Waals surface area contributed by atoms with E-state index >= 15 is 0 Å². The van der Waals surface area contributed by atoms with E-state index in [-0.39, 0.29) is 22.3 Å². The molecule has 0 saturated carbocycles. The maximum absolute atomic E-state index is 6.50. The molecule has 162 valence electrons. The molecule has 0 spiro atoms. The maximum Gasteiger partial charge on any atom is 0.192 e. The van der Waals surface area contributed by atoms with Gasteiger partial charge in [-0.15, -0.1) is 0 Å². The molecule has 0 fully saturated rings. The van der Waals surface area contributed by atoms with Crippen molar-refractivity contribution in [1.29, 1.82) is 0 Å². The fraction of sp³-hybridized carbons (Fsp3) is 0.739. The summed E-state index contributed by atoms with van der Waals surface area (Å²) in [6, 6.07) is 0. The molecule has 2 nitrogen and oxygen atoms in total. The number of hydrogen-bond acceptors (Lipinski definition) is 2. The van der Waals surface area contributed by atoms with Gasteiger partial charge in [0, 0.05) is 6.42 Å². The van der Waals surface area contributed by atoms with Crippen molar-refractivity contribution in [3.8, 4) is 11.8 Å². The van der Waals surface area contributed by atoms with Gasteiger partial charge < -0.3 is 8.85 Å². The zero-order valence-corrected chi connectivity index (χ0v) is 24.2. The summed E-state index contributed by atoms with van der Waals surface area (Å²) in [4.78, 5) is 0. The third-order valence-electron chi connectivity index (χ3n) is 5.99.